The molecule has 21 heavy (non-hydrogen) atoms. The highest BCUT2D eigenvalue weighted by Crippen LogP contribution is 2.22. The average molecular weight is 302 g/mol. The van der Waals surface area contributed by atoms with Crippen LogP contribution in [0.5, 0.6) is 0 Å². The van der Waals surface area contributed by atoms with Crippen molar-refractivity contribution in [2.75, 3.05) is 11.1 Å². The molecular weight excluding hydrogens is 290 g/mol. The molecule has 0 atom stereocenters. The molecule has 3 N–H and O–H groups in total. The van der Waals surface area contributed by atoms with Crippen molar-refractivity contribution in [3.8, 4) is 0 Å². The number of rotatable bonds is 2. The van der Waals surface area contributed by atoms with Crippen molar-refractivity contribution in [1.82, 2.24) is 14.5 Å². The molecule has 0 unspecified atom stereocenters. The first-order chi connectivity index (χ1) is 10.0. The maximum Gasteiger partial charge on any atom is 0.261 e. The normalized spacial score (nSPS) is 10.8. The maximum atomic E-state index is 12.1. The van der Waals surface area contributed by atoms with Gasteiger partial charge in [0.05, 0.1) is 5.39 Å². The highest BCUT2D eigenvalue weighted by atomic mass is 35.5. The van der Waals surface area contributed by atoms with Gasteiger partial charge in [-0.3, -0.25) is 4.79 Å². The van der Waals surface area contributed by atoms with Gasteiger partial charge in [0.2, 0.25) is 0 Å². The van der Waals surface area contributed by atoms with Crippen LogP contribution in [-0.2, 0) is 7.05 Å². The summed E-state index contributed by atoms with van der Waals surface area (Å²) in [5, 5.41) is 4.71. The van der Waals surface area contributed by atoms with E-state index in [4.69, 9.17) is 17.3 Å². The molecule has 106 valence electrons. The van der Waals surface area contributed by atoms with Crippen LogP contribution in [-0.4, -0.2) is 14.5 Å². The van der Waals surface area contributed by atoms with Gasteiger partial charge in [0.15, 0.2) is 0 Å². The third-order valence-corrected chi connectivity index (χ3v) is 3.30. The van der Waals surface area contributed by atoms with Gasteiger partial charge in [0.25, 0.3) is 5.56 Å². The molecular formula is C14H12ClN5O. The van der Waals surface area contributed by atoms with Crippen LogP contribution < -0.4 is 16.6 Å². The van der Waals surface area contributed by atoms with Crippen molar-refractivity contribution in [1.29, 1.82) is 0 Å². The molecule has 3 aromatic heterocycles. The standard InChI is InChI=1S/C14H12ClN5O/c1-20-5-3-8-6-11(19-13(16)12(8)14(20)21)18-10-7-9(15)2-4-17-10/h2-7H,1H3,(H3,16,17,18,19). The number of fused-ring (bicyclic) bond motifs is 1. The van der Waals surface area contributed by atoms with Crippen molar-refractivity contribution in [2.45, 2.75) is 0 Å². The van der Waals surface area contributed by atoms with E-state index in [-0.39, 0.29) is 11.4 Å². The maximum absolute atomic E-state index is 12.1. The van der Waals surface area contributed by atoms with Crippen molar-refractivity contribution in [3.63, 3.8) is 0 Å². The fourth-order valence-corrected chi connectivity index (χ4v) is 2.21. The molecule has 0 aliphatic rings. The zero-order valence-corrected chi connectivity index (χ0v) is 11.9. The molecule has 0 radical (unpaired) electrons. The molecule has 0 aromatic carbocycles. The Labute approximate surface area is 125 Å². The van der Waals surface area contributed by atoms with E-state index in [0.29, 0.717) is 22.0 Å². The highest BCUT2D eigenvalue weighted by molar-refractivity contribution is 6.30. The summed E-state index contributed by atoms with van der Waals surface area (Å²) in [6.07, 6.45) is 3.27. The first-order valence-electron chi connectivity index (χ1n) is 6.19. The molecule has 6 nitrogen and oxygen atoms in total. The Morgan fingerprint density at radius 1 is 1.29 bits per heavy atom. The zero-order valence-electron chi connectivity index (χ0n) is 11.2. The van der Waals surface area contributed by atoms with Crippen LogP contribution in [0, 0.1) is 0 Å². The Morgan fingerprint density at radius 3 is 2.86 bits per heavy atom. The van der Waals surface area contributed by atoms with Gasteiger partial charge in [0, 0.05) is 24.5 Å². The quantitative estimate of drug-likeness (QED) is 0.758. The summed E-state index contributed by atoms with van der Waals surface area (Å²) >= 11 is 5.91. The summed E-state index contributed by atoms with van der Waals surface area (Å²) in [5.74, 6) is 1.24. The number of anilines is 3. The number of hydrogen-bond acceptors (Lipinski definition) is 5. The Hall–Kier alpha value is -2.60. The lowest BCUT2D eigenvalue weighted by Crippen LogP contribution is -2.17. The highest BCUT2D eigenvalue weighted by Gasteiger charge is 2.09. The van der Waals surface area contributed by atoms with Crippen LogP contribution in [0.4, 0.5) is 17.5 Å². The number of pyridine rings is 3. The molecule has 0 aliphatic carbocycles. The minimum atomic E-state index is -0.176. The molecule has 0 amide bonds. The minimum absolute atomic E-state index is 0.176. The summed E-state index contributed by atoms with van der Waals surface area (Å²) in [7, 11) is 1.67. The lowest BCUT2D eigenvalue weighted by atomic mass is 10.2. The number of nitrogens with zero attached hydrogens (tertiary/aromatic N) is 3. The average Bonchev–Trinajstić information content (AvgIpc) is 2.42. The van der Waals surface area contributed by atoms with Gasteiger partial charge in [-0.2, -0.15) is 0 Å². The summed E-state index contributed by atoms with van der Waals surface area (Å²) < 4.78 is 1.46. The molecule has 0 aliphatic heterocycles. The smallest absolute Gasteiger partial charge is 0.261 e. The minimum Gasteiger partial charge on any atom is -0.383 e. The van der Waals surface area contributed by atoms with Crippen molar-refractivity contribution in [3.05, 3.63) is 52.0 Å². The topological polar surface area (TPSA) is 85.8 Å². The number of aryl methyl sites for hydroxylation is 1. The third-order valence-electron chi connectivity index (χ3n) is 3.07. The van der Waals surface area contributed by atoms with Gasteiger partial charge in [-0.1, -0.05) is 11.6 Å². The fraction of sp³-hybridized carbons (Fsp3) is 0.0714. The lowest BCUT2D eigenvalue weighted by molar-refractivity contribution is 0.873. The number of hydrogen-bond donors (Lipinski definition) is 2. The fourth-order valence-electron chi connectivity index (χ4n) is 2.05. The second-order valence-corrected chi connectivity index (χ2v) is 5.01. The molecule has 0 saturated heterocycles. The van der Waals surface area contributed by atoms with E-state index in [0.717, 1.165) is 5.39 Å². The van der Waals surface area contributed by atoms with Crippen molar-refractivity contribution >= 4 is 39.8 Å². The molecule has 0 saturated carbocycles. The number of halogens is 1. The first kappa shape index (κ1) is 13.4. The van der Waals surface area contributed by atoms with Crippen LogP contribution in [0.15, 0.2) is 41.5 Å². The predicted octanol–water partition coefficient (Wildman–Crippen LogP) is 2.31. The van der Waals surface area contributed by atoms with Gasteiger partial charge in [-0.05, 0) is 29.7 Å². The van der Waals surface area contributed by atoms with Gasteiger partial charge >= 0.3 is 0 Å². The molecule has 3 heterocycles. The molecule has 0 fully saturated rings. The zero-order chi connectivity index (χ0) is 15.0. The second kappa shape index (κ2) is 5.06. The van der Waals surface area contributed by atoms with Gasteiger partial charge in [0.1, 0.15) is 17.5 Å². The van der Waals surface area contributed by atoms with Crippen LogP contribution in [0.25, 0.3) is 10.8 Å². The summed E-state index contributed by atoms with van der Waals surface area (Å²) in [4.78, 5) is 20.4. The summed E-state index contributed by atoms with van der Waals surface area (Å²) in [6, 6.07) is 6.91. The van der Waals surface area contributed by atoms with Crippen LogP contribution in [0.1, 0.15) is 0 Å². The Morgan fingerprint density at radius 2 is 2.10 bits per heavy atom. The summed E-state index contributed by atoms with van der Waals surface area (Å²) in [5.41, 5.74) is 5.72. The number of nitrogens with one attached hydrogen (secondary N) is 1. The van der Waals surface area contributed by atoms with Crippen molar-refractivity contribution < 1.29 is 0 Å². The number of nitrogens with two attached hydrogens (primary N) is 1. The van der Waals surface area contributed by atoms with Crippen LogP contribution >= 0.6 is 11.6 Å². The summed E-state index contributed by atoms with van der Waals surface area (Å²) in [6.45, 7) is 0. The van der Waals surface area contributed by atoms with E-state index in [2.05, 4.69) is 15.3 Å². The molecule has 7 heteroatoms. The largest absolute Gasteiger partial charge is 0.383 e. The van der Waals surface area contributed by atoms with Gasteiger partial charge in [-0.15, -0.1) is 0 Å². The molecule has 0 bridgehead atoms. The predicted molar refractivity (Wildman–Crippen MR) is 83.9 cm³/mol. The Balaban J connectivity index is 2.09. The van der Waals surface area contributed by atoms with E-state index < -0.39 is 0 Å². The molecule has 0 spiro atoms. The van der Waals surface area contributed by atoms with Gasteiger partial charge in [-0.25, -0.2) is 9.97 Å². The Bertz CT molecular complexity index is 890. The monoisotopic (exact) mass is 301 g/mol. The lowest BCUT2D eigenvalue weighted by Gasteiger charge is -2.09. The van der Waals surface area contributed by atoms with E-state index >= 15 is 0 Å². The van der Waals surface area contributed by atoms with E-state index in [1.165, 1.54) is 4.57 Å². The van der Waals surface area contributed by atoms with Crippen LogP contribution in [0.2, 0.25) is 5.02 Å². The van der Waals surface area contributed by atoms with E-state index in [1.807, 2.05) is 6.07 Å². The SMILES string of the molecule is Cn1ccc2cc(Nc3cc(Cl)ccn3)nc(N)c2c1=O. The first-order valence-corrected chi connectivity index (χ1v) is 6.57. The van der Waals surface area contributed by atoms with Crippen LogP contribution in [0.3, 0.4) is 0 Å². The third kappa shape index (κ3) is 2.53. The number of aromatic nitrogens is 3. The van der Waals surface area contributed by atoms with Crippen molar-refractivity contribution in [2.24, 2.45) is 7.05 Å². The molecule has 3 rings (SSSR count). The second-order valence-electron chi connectivity index (χ2n) is 4.57. The van der Waals surface area contributed by atoms with E-state index in [9.17, 15) is 4.79 Å². The van der Waals surface area contributed by atoms with E-state index in [1.54, 1.807) is 37.6 Å². The number of nitrogen functional groups attached to an aromatic ring is 1. The molecule has 3 aromatic rings. The Kier molecular flexibility index (Phi) is 3.23. The van der Waals surface area contributed by atoms with Gasteiger partial charge < -0.3 is 15.6 Å².